The summed E-state index contributed by atoms with van der Waals surface area (Å²) in [5, 5.41) is 3.04. The molecule has 2 aliphatic rings. The van der Waals surface area contributed by atoms with E-state index in [1.54, 1.807) is 12.4 Å². The fourth-order valence-corrected chi connectivity index (χ4v) is 3.54. The quantitative estimate of drug-likeness (QED) is 0.810. The monoisotopic (exact) mass is 332 g/mol. The number of carbonyl (C=O) groups excluding carboxylic acids is 1. The maximum atomic E-state index is 12.3. The van der Waals surface area contributed by atoms with Crippen LogP contribution in [0.5, 0.6) is 0 Å². The predicted molar refractivity (Wildman–Crippen MR) is 93.7 cm³/mol. The third-order valence-electron chi connectivity index (χ3n) is 5.12. The molecule has 0 unspecified atom stereocenters. The molecule has 1 aliphatic heterocycles. The number of nitrogens with zero attached hydrogens (tertiary/aromatic N) is 4. The van der Waals surface area contributed by atoms with E-state index in [0.717, 1.165) is 64.4 Å². The lowest BCUT2D eigenvalue weighted by atomic mass is 9.82. The molecule has 2 fully saturated rings. The molecule has 0 bridgehead atoms. The number of anilines is 1. The molecule has 1 aliphatic carbocycles. The summed E-state index contributed by atoms with van der Waals surface area (Å²) in [6, 6.07) is 1.83. The van der Waals surface area contributed by atoms with Gasteiger partial charge in [-0.3, -0.25) is 9.69 Å². The van der Waals surface area contributed by atoms with Gasteiger partial charge in [0.15, 0.2) is 0 Å². The van der Waals surface area contributed by atoms with E-state index >= 15 is 0 Å². The van der Waals surface area contributed by atoms with Gasteiger partial charge in [0, 0.05) is 51.7 Å². The fourth-order valence-electron chi connectivity index (χ4n) is 3.54. The maximum absolute atomic E-state index is 12.3. The van der Waals surface area contributed by atoms with Crippen LogP contribution in [0.2, 0.25) is 0 Å². The fraction of sp³-hybridized carbons (Fsp3) is 0.706. The number of piperazine rings is 1. The second-order valence-corrected chi connectivity index (χ2v) is 6.85. The average Bonchev–Trinajstić information content (AvgIpc) is 2.63. The van der Waals surface area contributed by atoms with Crippen LogP contribution in [0.25, 0.3) is 0 Å². The van der Waals surface area contributed by atoms with Crippen molar-refractivity contribution in [2.75, 3.05) is 44.2 Å². The summed E-state index contributed by atoms with van der Waals surface area (Å²) in [5.41, 5.74) is 5.62. The summed E-state index contributed by atoms with van der Waals surface area (Å²) in [6.45, 7) is 5.28. The summed E-state index contributed by atoms with van der Waals surface area (Å²) < 4.78 is 0. The lowest BCUT2D eigenvalue weighted by Crippen LogP contribution is -2.56. The maximum Gasteiger partial charge on any atom is 0.240 e. The van der Waals surface area contributed by atoms with Crippen LogP contribution in [0.15, 0.2) is 18.5 Å². The average molecular weight is 332 g/mol. The first-order valence-corrected chi connectivity index (χ1v) is 8.99. The Kier molecular flexibility index (Phi) is 5.63. The first-order chi connectivity index (χ1) is 11.7. The number of aromatic nitrogens is 2. The second kappa shape index (κ2) is 7.90. The molecule has 0 aromatic carbocycles. The van der Waals surface area contributed by atoms with Gasteiger partial charge in [-0.1, -0.05) is 19.3 Å². The normalized spacial score (nSPS) is 21.5. The molecule has 3 N–H and O–H groups in total. The Balaban J connectivity index is 1.37. The molecular formula is C17H28N6O. The van der Waals surface area contributed by atoms with Gasteiger partial charge in [-0.15, -0.1) is 0 Å². The third kappa shape index (κ3) is 4.21. The highest BCUT2D eigenvalue weighted by Gasteiger charge is 2.34. The standard InChI is InChI=1S/C17H28N6O/c18-17(5-2-1-3-6-17)15(24)19-9-10-22-11-13-23(14-12-22)16-20-7-4-8-21-16/h4,7-8H,1-3,5-6,9-14,18H2,(H,19,24). The Hall–Kier alpha value is -1.73. The van der Waals surface area contributed by atoms with E-state index in [1.807, 2.05) is 6.07 Å². The summed E-state index contributed by atoms with van der Waals surface area (Å²) in [7, 11) is 0. The van der Waals surface area contributed by atoms with E-state index in [4.69, 9.17) is 5.73 Å². The lowest BCUT2D eigenvalue weighted by molar-refractivity contribution is -0.127. The van der Waals surface area contributed by atoms with E-state index in [9.17, 15) is 4.79 Å². The largest absolute Gasteiger partial charge is 0.353 e. The van der Waals surface area contributed by atoms with Gasteiger partial charge in [-0.2, -0.15) is 0 Å². The highest BCUT2D eigenvalue weighted by Crippen LogP contribution is 2.25. The zero-order valence-electron chi connectivity index (χ0n) is 14.3. The molecular weight excluding hydrogens is 304 g/mol. The molecule has 132 valence electrons. The first kappa shape index (κ1) is 17.1. The van der Waals surface area contributed by atoms with Crippen molar-refractivity contribution in [1.82, 2.24) is 20.2 Å². The van der Waals surface area contributed by atoms with Gasteiger partial charge in [0.05, 0.1) is 5.54 Å². The topological polar surface area (TPSA) is 87.4 Å². The van der Waals surface area contributed by atoms with Crippen molar-refractivity contribution in [3.05, 3.63) is 18.5 Å². The van der Waals surface area contributed by atoms with Crippen molar-refractivity contribution < 1.29 is 4.79 Å². The zero-order chi connectivity index (χ0) is 16.8. The highest BCUT2D eigenvalue weighted by molar-refractivity contribution is 5.86. The second-order valence-electron chi connectivity index (χ2n) is 6.85. The van der Waals surface area contributed by atoms with Gasteiger partial charge in [0.25, 0.3) is 0 Å². The third-order valence-corrected chi connectivity index (χ3v) is 5.12. The number of hydrogen-bond donors (Lipinski definition) is 2. The molecule has 3 rings (SSSR count). The van der Waals surface area contributed by atoms with Crippen LogP contribution >= 0.6 is 0 Å². The Morgan fingerprint density at radius 1 is 1.12 bits per heavy atom. The van der Waals surface area contributed by atoms with Crippen LogP contribution in [-0.2, 0) is 4.79 Å². The number of nitrogens with one attached hydrogen (secondary N) is 1. The van der Waals surface area contributed by atoms with Gasteiger partial charge in [-0.25, -0.2) is 9.97 Å². The van der Waals surface area contributed by atoms with E-state index in [1.165, 1.54) is 6.42 Å². The molecule has 1 saturated heterocycles. The molecule has 0 radical (unpaired) electrons. The molecule has 0 atom stereocenters. The number of amides is 1. The Labute approximate surface area is 143 Å². The van der Waals surface area contributed by atoms with Gasteiger partial charge < -0.3 is 16.0 Å². The van der Waals surface area contributed by atoms with E-state index < -0.39 is 5.54 Å². The van der Waals surface area contributed by atoms with Crippen molar-refractivity contribution in [3.63, 3.8) is 0 Å². The van der Waals surface area contributed by atoms with Crippen LogP contribution < -0.4 is 16.0 Å². The molecule has 1 amide bonds. The van der Waals surface area contributed by atoms with Crippen molar-refractivity contribution >= 4 is 11.9 Å². The smallest absolute Gasteiger partial charge is 0.240 e. The minimum absolute atomic E-state index is 0.0264. The Bertz CT molecular complexity index is 523. The van der Waals surface area contributed by atoms with Crippen molar-refractivity contribution in [2.45, 2.75) is 37.6 Å². The number of hydrogen-bond acceptors (Lipinski definition) is 6. The highest BCUT2D eigenvalue weighted by atomic mass is 16.2. The molecule has 7 nitrogen and oxygen atoms in total. The molecule has 2 heterocycles. The molecule has 7 heteroatoms. The van der Waals surface area contributed by atoms with E-state index in [0.29, 0.717) is 6.54 Å². The Morgan fingerprint density at radius 3 is 2.46 bits per heavy atom. The van der Waals surface area contributed by atoms with Gasteiger partial charge in [0.1, 0.15) is 0 Å². The van der Waals surface area contributed by atoms with E-state index in [-0.39, 0.29) is 5.91 Å². The van der Waals surface area contributed by atoms with Crippen LogP contribution in [0.3, 0.4) is 0 Å². The van der Waals surface area contributed by atoms with Crippen LogP contribution in [0.1, 0.15) is 32.1 Å². The first-order valence-electron chi connectivity index (χ1n) is 8.99. The minimum atomic E-state index is -0.637. The summed E-state index contributed by atoms with van der Waals surface area (Å²) in [5.74, 6) is 0.825. The number of carbonyl (C=O) groups is 1. The molecule has 0 spiro atoms. The number of nitrogens with two attached hydrogens (primary N) is 1. The van der Waals surface area contributed by atoms with Crippen molar-refractivity contribution in [1.29, 1.82) is 0 Å². The molecule has 1 aromatic heterocycles. The molecule has 1 aromatic rings. The Morgan fingerprint density at radius 2 is 1.79 bits per heavy atom. The summed E-state index contributed by atoms with van der Waals surface area (Å²) >= 11 is 0. The lowest BCUT2D eigenvalue weighted by Gasteiger charge is -2.35. The zero-order valence-corrected chi connectivity index (χ0v) is 14.3. The van der Waals surface area contributed by atoms with Crippen LogP contribution in [-0.4, -0.2) is 65.6 Å². The van der Waals surface area contributed by atoms with E-state index in [2.05, 4.69) is 25.1 Å². The summed E-state index contributed by atoms with van der Waals surface area (Å²) in [4.78, 5) is 25.5. The minimum Gasteiger partial charge on any atom is -0.353 e. The van der Waals surface area contributed by atoms with Crippen molar-refractivity contribution in [3.8, 4) is 0 Å². The van der Waals surface area contributed by atoms with Crippen LogP contribution in [0.4, 0.5) is 5.95 Å². The molecule has 1 saturated carbocycles. The van der Waals surface area contributed by atoms with Gasteiger partial charge >= 0.3 is 0 Å². The van der Waals surface area contributed by atoms with Crippen molar-refractivity contribution in [2.24, 2.45) is 5.73 Å². The van der Waals surface area contributed by atoms with Gasteiger partial charge in [-0.05, 0) is 18.9 Å². The van der Waals surface area contributed by atoms with Crippen LogP contribution in [0, 0.1) is 0 Å². The predicted octanol–water partition coefficient (Wildman–Crippen LogP) is 0.376. The molecule has 24 heavy (non-hydrogen) atoms. The SMILES string of the molecule is NC1(C(=O)NCCN2CCN(c3ncccn3)CC2)CCCCC1. The number of rotatable bonds is 5. The summed E-state index contributed by atoms with van der Waals surface area (Å²) in [6.07, 6.45) is 8.50. The van der Waals surface area contributed by atoms with Gasteiger partial charge in [0.2, 0.25) is 11.9 Å².